The Bertz CT molecular complexity index is 217. The summed E-state index contributed by atoms with van der Waals surface area (Å²) in [6, 6.07) is 0.807. The molecule has 1 unspecified atom stereocenters. The quantitative estimate of drug-likeness (QED) is 0.644. The lowest BCUT2D eigenvalue weighted by molar-refractivity contribution is -0.123. The van der Waals surface area contributed by atoms with Crippen LogP contribution in [0.4, 0.5) is 0 Å². The Labute approximate surface area is 98.0 Å². The molecule has 1 aliphatic carbocycles. The highest BCUT2D eigenvalue weighted by Gasteiger charge is 2.29. The Morgan fingerprint density at radius 3 is 2.75 bits per heavy atom. The molecule has 0 aliphatic heterocycles. The molecular formula is C12H24N2O2. The van der Waals surface area contributed by atoms with Gasteiger partial charge in [-0.05, 0) is 39.2 Å². The smallest absolute Gasteiger partial charge is 0.234 e. The fraction of sp³-hybridized carbons (Fsp3) is 0.917. The molecule has 0 heterocycles. The van der Waals surface area contributed by atoms with Gasteiger partial charge in [0.2, 0.25) is 5.91 Å². The number of hydrogen-bond acceptors (Lipinski definition) is 3. The summed E-state index contributed by atoms with van der Waals surface area (Å²) in [4.78, 5) is 13.9. The minimum absolute atomic E-state index is 0.110. The van der Waals surface area contributed by atoms with E-state index >= 15 is 0 Å². The van der Waals surface area contributed by atoms with Crippen molar-refractivity contribution in [2.24, 2.45) is 0 Å². The number of hydrogen-bond donors (Lipinski definition) is 2. The average Bonchev–Trinajstić information content (AvgIpc) is 3.06. The maximum atomic E-state index is 11.7. The van der Waals surface area contributed by atoms with Gasteiger partial charge in [0.25, 0.3) is 0 Å². The van der Waals surface area contributed by atoms with Crippen LogP contribution in [-0.4, -0.2) is 47.7 Å². The molecule has 94 valence electrons. The van der Waals surface area contributed by atoms with Gasteiger partial charge in [0.05, 0.1) is 6.54 Å². The minimum atomic E-state index is 0.110. The van der Waals surface area contributed by atoms with Gasteiger partial charge in [0.15, 0.2) is 0 Å². The zero-order valence-corrected chi connectivity index (χ0v) is 10.4. The van der Waals surface area contributed by atoms with Gasteiger partial charge >= 0.3 is 0 Å². The van der Waals surface area contributed by atoms with Crippen LogP contribution in [0.1, 0.15) is 39.5 Å². The number of aliphatic hydroxyl groups excluding tert-OH is 1. The summed E-state index contributed by atoms with van der Waals surface area (Å²) in [5.74, 6) is 0.110. The van der Waals surface area contributed by atoms with Crippen molar-refractivity contribution < 1.29 is 9.90 Å². The van der Waals surface area contributed by atoms with Crippen molar-refractivity contribution in [1.82, 2.24) is 10.2 Å². The van der Waals surface area contributed by atoms with Crippen molar-refractivity contribution in [2.45, 2.75) is 51.6 Å². The van der Waals surface area contributed by atoms with Crippen molar-refractivity contribution in [3.8, 4) is 0 Å². The number of aliphatic hydroxyl groups is 1. The monoisotopic (exact) mass is 228 g/mol. The lowest BCUT2D eigenvalue weighted by Gasteiger charge is -2.21. The number of nitrogens with one attached hydrogen (secondary N) is 1. The van der Waals surface area contributed by atoms with Gasteiger partial charge in [-0.1, -0.05) is 6.92 Å². The van der Waals surface area contributed by atoms with Gasteiger partial charge in [-0.25, -0.2) is 0 Å². The fourth-order valence-electron chi connectivity index (χ4n) is 1.91. The summed E-state index contributed by atoms with van der Waals surface area (Å²) >= 11 is 0. The molecule has 2 N–H and O–H groups in total. The topological polar surface area (TPSA) is 52.6 Å². The number of nitrogens with zero attached hydrogens (tertiary/aromatic N) is 1. The first-order valence-electron chi connectivity index (χ1n) is 6.31. The van der Waals surface area contributed by atoms with Crippen LogP contribution in [-0.2, 0) is 4.79 Å². The lowest BCUT2D eigenvalue weighted by atomic mass is 10.2. The number of amides is 1. The maximum Gasteiger partial charge on any atom is 0.234 e. The molecule has 0 saturated heterocycles. The van der Waals surface area contributed by atoms with Crippen LogP contribution >= 0.6 is 0 Å². The van der Waals surface area contributed by atoms with E-state index in [9.17, 15) is 4.79 Å². The first-order chi connectivity index (χ1) is 7.67. The van der Waals surface area contributed by atoms with Crippen LogP contribution in [0.3, 0.4) is 0 Å². The number of rotatable bonds is 8. The fourth-order valence-corrected chi connectivity index (χ4v) is 1.91. The van der Waals surface area contributed by atoms with Gasteiger partial charge in [0, 0.05) is 18.7 Å². The van der Waals surface area contributed by atoms with Crippen molar-refractivity contribution in [3.05, 3.63) is 0 Å². The Morgan fingerprint density at radius 1 is 1.56 bits per heavy atom. The second kappa shape index (κ2) is 6.86. The standard InChI is InChI=1S/C12H24N2O2/c1-3-14(11-6-7-11)9-12(16)13-10(2)5-4-8-15/h10-11,15H,3-9H2,1-2H3,(H,13,16). The van der Waals surface area contributed by atoms with E-state index in [4.69, 9.17) is 5.11 Å². The molecule has 0 aromatic heterocycles. The number of likely N-dealkylation sites (N-methyl/N-ethyl adjacent to an activating group) is 1. The third kappa shape index (κ3) is 4.94. The van der Waals surface area contributed by atoms with Crippen molar-refractivity contribution in [3.63, 3.8) is 0 Å². The normalized spacial score (nSPS) is 17.5. The maximum absolute atomic E-state index is 11.7. The van der Waals surface area contributed by atoms with Crippen LogP contribution in [0.25, 0.3) is 0 Å². The van der Waals surface area contributed by atoms with Gasteiger partial charge in [-0.2, -0.15) is 0 Å². The highest BCUT2D eigenvalue weighted by atomic mass is 16.3. The van der Waals surface area contributed by atoms with Crippen LogP contribution in [0.5, 0.6) is 0 Å². The molecule has 1 atom stereocenters. The molecule has 4 heteroatoms. The molecule has 0 aromatic carbocycles. The van der Waals surface area contributed by atoms with Crippen molar-refractivity contribution >= 4 is 5.91 Å². The SMILES string of the molecule is CCN(CC(=O)NC(C)CCCO)C1CC1. The summed E-state index contributed by atoms with van der Waals surface area (Å²) in [5, 5.41) is 11.7. The molecule has 0 bridgehead atoms. The molecule has 4 nitrogen and oxygen atoms in total. The molecule has 1 saturated carbocycles. The van der Waals surface area contributed by atoms with E-state index in [1.807, 2.05) is 6.92 Å². The summed E-state index contributed by atoms with van der Waals surface area (Å²) in [6.07, 6.45) is 4.07. The second-order valence-corrected chi connectivity index (χ2v) is 4.63. The highest BCUT2D eigenvalue weighted by molar-refractivity contribution is 5.78. The number of carbonyl (C=O) groups is 1. The lowest BCUT2D eigenvalue weighted by Crippen LogP contribution is -2.41. The van der Waals surface area contributed by atoms with E-state index < -0.39 is 0 Å². The molecule has 16 heavy (non-hydrogen) atoms. The second-order valence-electron chi connectivity index (χ2n) is 4.63. The Balaban J connectivity index is 2.17. The minimum Gasteiger partial charge on any atom is -0.396 e. The van der Waals surface area contributed by atoms with E-state index in [0.29, 0.717) is 12.6 Å². The van der Waals surface area contributed by atoms with E-state index in [1.165, 1.54) is 12.8 Å². The van der Waals surface area contributed by atoms with Crippen LogP contribution < -0.4 is 5.32 Å². The largest absolute Gasteiger partial charge is 0.396 e. The van der Waals surface area contributed by atoms with Crippen LogP contribution in [0, 0.1) is 0 Å². The highest BCUT2D eigenvalue weighted by Crippen LogP contribution is 2.25. The van der Waals surface area contributed by atoms with E-state index in [2.05, 4.69) is 17.1 Å². The molecule has 0 spiro atoms. The molecular weight excluding hydrogens is 204 g/mol. The van der Waals surface area contributed by atoms with Crippen LogP contribution in [0.2, 0.25) is 0 Å². The molecule has 1 amide bonds. The van der Waals surface area contributed by atoms with Crippen molar-refractivity contribution in [2.75, 3.05) is 19.7 Å². The van der Waals surface area contributed by atoms with Gasteiger partial charge < -0.3 is 10.4 Å². The third-order valence-corrected chi connectivity index (χ3v) is 3.02. The summed E-state index contributed by atoms with van der Waals surface area (Å²) in [5.41, 5.74) is 0. The van der Waals surface area contributed by atoms with Crippen molar-refractivity contribution in [1.29, 1.82) is 0 Å². The zero-order chi connectivity index (χ0) is 12.0. The van der Waals surface area contributed by atoms with Gasteiger partial charge in [-0.15, -0.1) is 0 Å². The van der Waals surface area contributed by atoms with Crippen LogP contribution in [0.15, 0.2) is 0 Å². The third-order valence-electron chi connectivity index (χ3n) is 3.02. The summed E-state index contributed by atoms with van der Waals surface area (Å²) in [6.45, 7) is 5.75. The molecule has 1 rings (SSSR count). The Morgan fingerprint density at radius 2 is 2.25 bits per heavy atom. The van der Waals surface area contributed by atoms with E-state index in [-0.39, 0.29) is 18.6 Å². The Kier molecular flexibility index (Phi) is 5.77. The zero-order valence-electron chi connectivity index (χ0n) is 10.4. The molecule has 0 radical (unpaired) electrons. The molecule has 1 aliphatic rings. The summed E-state index contributed by atoms with van der Waals surface area (Å²) in [7, 11) is 0. The first kappa shape index (κ1) is 13.5. The predicted octanol–water partition coefficient (Wildman–Crippen LogP) is 0.748. The predicted molar refractivity (Wildman–Crippen MR) is 64.2 cm³/mol. The van der Waals surface area contributed by atoms with Gasteiger partial charge in [0.1, 0.15) is 0 Å². The first-order valence-corrected chi connectivity index (χ1v) is 6.31. The van der Waals surface area contributed by atoms with E-state index in [0.717, 1.165) is 19.4 Å². The average molecular weight is 228 g/mol. The summed E-state index contributed by atoms with van der Waals surface area (Å²) < 4.78 is 0. The number of carbonyl (C=O) groups excluding carboxylic acids is 1. The Hall–Kier alpha value is -0.610. The van der Waals surface area contributed by atoms with Gasteiger partial charge in [-0.3, -0.25) is 9.69 Å². The molecule has 0 aromatic rings. The van der Waals surface area contributed by atoms with E-state index in [1.54, 1.807) is 0 Å². The molecule has 1 fully saturated rings.